The summed E-state index contributed by atoms with van der Waals surface area (Å²) >= 11 is 0. The lowest BCUT2D eigenvalue weighted by Gasteiger charge is -2.17. The van der Waals surface area contributed by atoms with E-state index in [0.29, 0.717) is 19.0 Å². The van der Waals surface area contributed by atoms with Crippen LogP contribution in [0.15, 0.2) is 36.4 Å². The van der Waals surface area contributed by atoms with Gasteiger partial charge in [-0.1, -0.05) is 12.1 Å². The molecule has 2 aliphatic rings. The first-order chi connectivity index (χ1) is 12.7. The number of ether oxygens (including phenoxy) is 3. The van der Waals surface area contributed by atoms with Gasteiger partial charge >= 0.3 is 5.97 Å². The van der Waals surface area contributed by atoms with Crippen LogP contribution in [0.3, 0.4) is 0 Å². The molecule has 134 valence electrons. The number of hydrogen-bond acceptors (Lipinski definition) is 4. The first-order valence-corrected chi connectivity index (χ1v) is 8.93. The van der Waals surface area contributed by atoms with E-state index in [1.165, 1.54) is 22.4 Å². The van der Waals surface area contributed by atoms with Crippen LogP contribution in [0, 0.1) is 0 Å². The van der Waals surface area contributed by atoms with Crippen LogP contribution in [0.5, 0.6) is 11.5 Å². The Kier molecular flexibility index (Phi) is 4.37. The summed E-state index contributed by atoms with van der Waals surface area (Å²) in [5, 5.41) is 0. The Hall–Kier alpha value is -2.82. The lowest BCUT2D eigenvalue weighted by Crippen LogP contribution is -2.28. The van der Waals surface area contributed by atoms with Crippen molar-refractivity contribution in [3.8, 4) is 11.5 Å². The fourth-order valence-electron chi connectivity index (χ4n) is 3.50. The van der Waals surface area contributed by atoms with E-state index in [2.05, 4.69) is 23.6 Å². The number of benzene rings is 2. The second-order valence-corrected chi connectivity index (χ2v) is 6.54. The minimum atomic E-state index is -0.273. The molecule has 0 radical (unpaired) electrons. The van der Waals surface area contributed by atoms with Gasteiger partial charge in [0, 0.05) is 24.5 Å². The molecule has 0 amide bonds. The van der Waals surface area contributed by atoms with Crippen molar-refractivity contribution in [1.82, 2.24) is 0 Å². The summed E-state index contributed by atoms with van der Waals surface area (Å²) in [5.41, 5.74) is 5.53. The fraction of sp³-hybridized carbons (Fsp3) is 0.333. The predicted octanol–water partition coefficient (Wildman–Crippen LogP) is 3.17. The molecular weight excluding hydrogens is 330 g/mol. The van der Waals surface area contributed by atoms with Crippen LogP contribution in [0.25, 0.3) is 0 Å². The zero-order valence-corrected chi connectivity index (χ0v) is 15.1. The minimum absolute atomic E-state index is 0.273. The van der Waals surface area contributed by atoms with E-state index in [-0.39, 0.29) is 5.97 Å². The van der Waals surface area contributed by atoms with Crippen molar-refractivity contribution in [2.45, 2.75) is 26.8 Å². The average molecular weight is 352 g/mol. The van der Waals surface area contributed by atoms with Gasteiger partial charge in [0.1, 0.15) is 6.54 Å². The van der Waals surface area contributed by atoms with Gasteiger partial charge in [-0.2, -0.15) is 0 Å². The van der Waals surface area contributed by atoms with E-state index in [1.54, 1.807) is 0 Å². The van der Waals surface area contributed by atoms with Crippen molar-refractivity contribution in [3.05, 3.63) is 58.7 Å². The summed E-state index contributed by atoms with van der Waals surface area (Å²) < 4.78 is 18.4. The molecule has 2 heterocycles. The highest BCUT2D eigenvalue weighted by molar-refractivity contribution is 5.97. The first-order valence-electron chi connectivity index (χ1n) is 8.93. The van der Waals surface area contributed by atoms with Gasteiger partial charge in [0.15, 0.2) is 23.8 Å². The van der Waals surface area contributed by atoms with Crippen LogP contribution in [-0.4, -0.2) is 36.2 Å². The van der Waals surface area contributed by atoms with E-state index < -0.39 is 0 Å². The van der Waals surface area contributed by atoms with E-state index in [4.69, 9.17) is 14.2 Å². The monoisotopic (exact) mass is 352 g/mol. The summed E-state index contributed by atoms with van der Waals surface area (Å²) in [4.78, 5) is 11.8. The molecule has 2 aliphatic heterocycles. The van der Waals surface area contributed by atoms with Crippen LogP contribution in [0.4, 0.5) is 0 Å². The van der Waals surface area contributed by atoms with Crippen LogP contribution < -0.4 is 9.47 Å². The maximum absolute atomic E-state index is 11.8. The summed E-state index contributed by atoms with van der Waals surface area (Å²) in [6.07, 6.45) is 0.976. The van der Waals surface area contributed by atoms with Crippen molar-refractivity contribution >= 4 is 11.7 Å². The summed E-state index contributed by atoms with van der Waals surface area (Å²) in [6.45, 7) is 6.41. The minimum Gasteiger partial charge on any atom is -0.462 e. The molecule has 0 N–H and O–H groups in total. The Balaban J connectivity index is 1.57. The normalized spacial score (nSPS) is 15.0. The van der Waals surface area contributed by atoms with E-state index in [9.17, 15) is 4.79 Å². The molecule has 0 spiro atoms. The standard InChI is InChI=1S/C21H22NO4/c1-3-24-21(23)16-6-4-15(5-7-16)12-22-9-8-17-10-19-20(26-13-25-19)11-18(17)14(22)2/h4-7,10-11H,3,8-9,12-13H2,1-2H3/q+1. The van der Waals surface area contributed by atoms with Crippen molar-refractivity contribution in [2.24, 2.45) is 0 Å². The van der Waals surface area contributed by atoms with Gasteiger partial charge < -0.3 is 14.2 Å². The predicted molar refractivity (Wildman–Crippen MR) is 97.3 cm³/mol. The number of fused-ring (bicyclic) bond motifs is 2. The molecule has 5 nitrogen and oxygen atoms in total. The highest BCUT2D eigenvalue weighted by atomic mass is 16.7. The quantitative estimate of drug-likeness (QED) is 0.626. The highest BCUT2D eigenvalue weighted by Gasteiger charge is 2.26. The van der Waals surface area contributed by atoms with Gasteiger partial charge in [0.2, 0.25) is 6.79 Å². The summed E-state index contributed by atoms with van der Waals surface area (Å²) in [5.74, 6) is 1.40. The third kappa shape index (κ3) is 3.05. The molecule has 0 saturated carbocycles. The number of nitrogens with zero attached hydrogens (tertiary/aromatic N) is 1. The number of carbonyl (C=O) groups is 1. The Morgan fingerprint density at radius 1 is 1.15 bits per heavy atom. The van der Waals surface area contributed by atoms with Gasteiger partial charge in [-0.15, -0.1) is 0 Å². The molecule has 2 aromatic rings. The number of hydrogen-bond donors (Lipinski definition) is 0. The molecule has 0 atom stereocenters. The topological polar surface area (TPSA) is 47.8 Å². The zero-order chi connectivity index (χ0) is 18.1. The van der Waals surface area contributed by atoms with Gasteiger partial charge in [-0.3, -0.25) is 0 Å². The molecule has 2 aromatic carbocycles. The largest absolute Gasteiger partial charge is 0.462 e. The van der Waals surface area contributed by atoms with E-state index >= 15 is 0 Å². The zero-order valence-electron chi connectivity index (χ0n) is 15.1. The molecule has 5 heteroatoms. The summed E-state index contributed by atoms with van der Waals surface area (Å²) in [6, 6.07) is 11.8. The average Bonchev–Trinajstić information content (AvgIpc) is 3.11. The maximum Gasteiger partial charge on any atom is 0.338 e. The van der Waals surface area contributed by atoms with E-state index in [0.717, 1.165) is 31.0 Å². The molecule has 0 aliphatic carbocycles. The maximum atomic E-state index is 11.8. The number of esters is 1. The third-order valence-corrected chi connectivity index (χ3v) is 4.95. The molecule has 4 rings (SSSR count). The molecule has 0 bridgehead atoms. The van der Waals surface area contributed by atoms with Crippen molar-refractivity contribution < 1.29 is 23.6 Å². The van der Waals surface area contributed by atoms with Crippen molar-refractivity contribution in [2.75, 3.05) is 19.9 Å². The second kappa shape index (κ2) is 6.83. The Morgan fingerprint density at radius 3 is 2.62 bits per heavy atom. The Labute approximate surface area is 152 Å². The first kappa shape index (κ1) is 16.6. The number of rotatable bonds is 4. The van der Waals surface area contributed by atoms with Gasteiger partial charge in [0.05, 0.1) is 12.2 Å². The SMILES string of the molecule is CCOC(=O)c1ccc(C[N+]2=C(C)c3cc4c(cc3CC2)OCO4)cc1. The molecule has 0 aromatic heterocycles. The summed E-state index contributed by atoms with van der Waals surface area (Å²) in [7, 11) is 0. The van der Waals surface area contributed by atoms with Crippen molar-refractivity contribution in [3.63, 3.8) is 0 Å². The molecule has 0 fully saturated rings. The smallest absolute Gasteiger partial charge is 0.338 e. The van der Waals surface area contributed by atoms with Gasteiger partial charge in [-0.05, 0) is 36.8 Å². The lowest BCUT2D eigenvalue weighted by atomic mass is 9.96. The number of carbonyl (C=O) groups excluding carboxylic acids is 1. The Bertz CT molecular complexity index is 884. The third-order valence-electron chi connectivity index (χ3n) is 4.95. The molecule has 0 saturated heterocycles. The fourth-order valence-corrected chi connectivity index (χ4v) is 3.50. The van der Waals surface area contributed by atoms with Crippen LogP contribution in [0.1, 0.15) is 40.9 Å². The molecule has 26 heavy (non-hydrogen) atoms. The molecular formula is C21H22NO4+. The second-order valence-electron chi connectivity index (χ2n) is 6.54. The van der Waals surface area contributed by atoms with Crippen molar-refractivity contribution in [1.29, 1.82) is 0 Å². The molecule has 0 unspecified atom stereocenters. The van der Waals surface area contributed by atoms with Gasteiger partial charge in [0.25, 0.3) is 0 Å². The highest BCUT2D eigenvalue weighted by Crippen LogP contribution is 2.36. The van der Waals surface area contributed by atoms with Gasteiger partial charge in [-0.25, -0.2) is 9.37 Å². The lowest BCUT2D eigenvalue weighted by molar-refractivity contribution is -0.545. The Morgan fingerprint density at radius 2 is 1.88 bits per heavy atom. The van der Waals surface area contributed by atoms with Crippen LogP contribution in [0.2, 0.25) is 0 Å². The van der Waals surface area contributed by atoms with Crippen LogP contribution in [-0.2, 0) is 17.7 Å². The van der Waals surface area contributed by atoms with Crippen LogP contribution >= 0.6 is 0 Å². The van der Waals surface area contributed by atoms with E-state index in [1.807, 2.05) is 31.2 Å².